The molecule has 2 aromatic rings. The van der Waals surface area contributed by atoms with Crippen LogP contribution in [0.1, 0.15) is 25.5 Å². The van der Waals surface area contributed by atoms with E-state index >= 15 is 0 Å². The van der Waals surface area contributed by atoms with Crippen LogP contribution in [-0.4, -0.2) is 40.3 Å². The van der Waals surface area contributed by atoms with E-state index in [4.69, 9.17) is 4.84 Å². The van der Waals surface area contributed by atoms with Crippen LogP contribution < -0.4 is 0 Å². The van der Waals surface area contributed by atoms with E-state index in [1.165, 1.54) is 0 Å². The Hall–Kier alpha value is -2.01. The maximum Gasteiger partial charge on any atom is 0.145 e. The summed E-state index contributed by atoms with van der Waals surface area (Å²) < 4.78 is 0. The second-order valence-corrected chi connectivity index (χ2v) is 5.49. The largest absolute Gasteiger partial charge is 0.391 e. The highest BCUT2D eigenvalue weighted by molar-refractivity contribution is 5.85. The fraction of sp³-hybridized carbons (Fsp3) is 0.438. The molecule has 0 amide bonds. The fourth-order valence-electron chi connectivity index (χ4n) is 2.55. The lowest BCUT2D eigenvalue weighted by atomic mass is 10.1. The lowest BCUT2D eigenvalue weighted by Gasteiger charge is -2.19. The number of aromatic nitrogens is 2. The number of rotatable bonds is 5. The van der Waals surface area contributed by atoms with Crippen LogP contribution in [0.15, 0.2) is 35.6 Å². The lowest BCUT2D eigenvalue weighted by molar-refractivity contribution is 0.0574. The van der Waals surface area contributed by atoms with Crippen molar-refractivity contribution in [1.29, 1.82) is 0 Å². The number of oxime groups is 1. The van der Waals surface area contributed by atoms with Gasteiger partial charge in [0.05, 0.1) is 28.6 Å². The van der Waals surface area contributed by atoms with Crippen LogP contribution in [0.4, 0.5) is 0 Å². The number of nitrogens with zero attached hydrogens (tertiary/aromatic N) is 4. The summed E-state index contributed by atoms with van der Waals surface area (Å²) in [5, 5.41) is 4.10. The first-order valence-electron chi connectivity index (χ1n) is 7.35. The molecular weight excluding hydrogens is 264 g/mol. The highest BCUT2D eigenvalue weighted by Crippen LogP contribution is 2.15. The van der Waals surface area contributed by atoms with Gasteiger partial charge in [-0.05, 0) is 25.6 Å². The van der Waals surface area contributed by atoms with E-state index in [2.05, 4.69) is 34.0 Å². The molecule has 0 bridgehead atoms. The molecule has 3 rings (SSSR count). The molecule has 21 heavy (non-hydrogen) atoms. The summed E-state index contributed by atoms with van der Waals surface area (Å²) in [5.74, 6) is 0. The van der Waals surface area contributed by atoms with Gasteiger partial charge in [0, 0.05) is 19.5 Å². The molecule has 0 radical (unpaired) electrons. The Morgan fingerprint density at radius 2 is 2.10 bits per heavy atom. The van der Waals surface area contributed by atoms with Gasteiger partial charge >= 0.3 is 0 Å². The zero-order chi connectivity index (χ0) is 14.7. The smallest absolute Gasteiger partial charge is 0.145 e. The van der Waals surface area contributed by atoms with Crippen molar-refractivity contribution in [2.45, 2.75) is 32.4 Å². The molecule has 0 unspecified atom stereocenters. The molecule has 5 nitrogen and oxygen atoms in total. The Morgan fingerprint density at radius 3 is 2.86 bits per heavy atom. The van der Waals surface area contributed by atoms with Crippen LogP contribution in [0.25, 0.3) is 11.0 Å². The predicted molar refractivity (Wildman–Crippen MR) is 83.1 cm³/mol. The maximum absolute atomic E-state index is 5.45. The Morgan fingerprint density at radius 1 is 1.29 bits per heavy atom. The van der Waals surface area contributed by atoms with Gasteiger partial charge in [-0.15, -0.1) is 0 Å². The summed E-state index contributed by atoms with van der Waals surface area (Å²) in [6.45, 7) is 3.72. The van der Waals surface area contributed by atoms with Gasteiger partial charge in [-0.3, -0.25) is 9.88 Å². The number of likely N-dealkylation sites (N-methyl/N-ethyl adjacent to an activating group) is 1. The third-order valence-corrected chi connectivity index (χ3v) is 3.65. The van der Waals surface area contributed by atoms with Crippen molar-refractivity contribution in [2.75, 3.05) is 13.6 Å². The quantitative estimate of drug-likeness (QED) is 0.847. The molecule has 5 heteroatoms. The highest BCUT2D eigenvalue weighted by Gasteiger charge is 2.21. The van der Waals surface area contributed by atoms with Crippen LogP contribution in [0.3, 0.4) is 0 Å². The standard InChI is InChI=1S/C16H20N4O/c1-3-12-8-14(21-19-12)11-20(2)10-13-9-17-15-6-4-5-7-16(15)18-13/h4-7,9,14H,3,8,10-11H2,1-2H3/t14-/m0/s1. The molecule has 0 N–H and O–H groups in total. The number of hydrogen-bond donors (Lipinski definition) is 0. The van der Waals surface area contributed by atoms with Gasteiger partial charge in [0.2, 0.25) is 0 Å². The van der Waals surface area contributed by atoms with Crippen molar-refractivity contribution in [3.63, 3.8) is 0 Å². The van der Waals surface area contributed by atoms with E-state index in [-0.39, 0.29) is 6.10 Å². The SMILES string of the molecule is CCC1=NO[C@H](CN(C)Cc2cnc3ccccc3n2)C1. The predicted octanol–water partition coefficient (Wildman–Crippen LogP) is 2.62. The molecule has 0 spiro atoms. The van der Waals surface area contributed by atoms with E-state index in [1.807, 2.05) is 30.5 Å². The Labute approximate surface area is 124 Å². The fourth-order valence-corrected chi connectivity index (χ4v) is 2.55. The number of hydrogen-bond acceptors (Lipinski definition) is 5. The summed E-state index contributed by atoms with van der Waals surface area (Å²) in [7, 11) is 2.07. The molecule has 0 saturated carbocycles. The summed E-state index contributed by atoms with van der Waals surface area (Å²) in [6, 6.07) is 7.94. The molecule has 1 atom stereocenters. The van der Waals surface area contributed by atoms with Crippen LogP contribution in [0, 0.1) is 0 Å². The van der Waals surface area contributed by atoms with Crippen LogP contribution in [0.5, 0.6) is 0 Å². The Kier molecular flexibility index (Phi) is 4.10. The minimum Gasteiger partial charge on any atom is -0.391 e. The van der Waals surface area contributed by atoms with E-state index in [0.29, 0.717) is 0 Å². The van der Waals surface area contributed by atoms with Crippen molar-refractivity contribution in [3.8, 4) is 0 Å². The average Bonchev–Trinajstić information content (AvgIpc) is 2.94. The summed E-state index contributed by atoms with van der Waals surface area (Å²) >= 11 is 0. The maximum atomic E-state index is 5.45. The zero-order valence-corrected chi connectivity index (χ0v) is 12.5. The van der Waals surface area contributed by atoms with Gasteiger partial charge in [0.15, 0.2) is 0 Å². The zero-order valence-electron chi connectivity index (χ0n) is 12.5. The molecule has 0 aliphatic carbocycles. The molecule has 0 saturated heterocycles. The highest BCUT2D eigenvalue weighted by atomic mass is 16.6. The van der Waals surface area contributed by atoms with E-state index in [9.17, 15) is 0 Å². The molecule has 2 heterocycles. The van der Waals surface area contributed by atoms with E-state index < -0.39 is 0 Å². The first-order chi connectivity index (χ1) is 10.2. The molecule has 1 aliphatic rings. The van der Waals surface area contributed by atoms with Gasteiger partial charge in [0.1, 0.15) is 6.10 Å². The van der Waals surface area contributed by atoms with Crippen molar-refractivity contribution in [1.82, 2.24) is 14.9 Å². The van der Waals surface area contributed by atoms with Crippen LogP contribution >= 0.6 is 0 Å². The van der Waals surface area contributed by atoms with Crippen LogP contribution in [-0.2, 0) is 11.4 Å². The summed E-state index contributed by atoms with van der Waals surface area (Å²) in [6.07, 6.45) is 3.92. The van der Waals surface area contributed by atoms with Crippen molar-refractivity contribution >= 4 is 16.7 Å². The minimum absolute atomic E-state index is 0.165. The van der Waals surface area contributed by atoms with E-state index in [1.54, 1.807) is 0 Å². The third kappa shape index (κ3) is 3.36. The van der Waals surface area contributed by atoms with E-state index in [0.717, 1.165) is 48.4 Å². The van der Waals surface area contributed by atoms with Crippen molar-refractivity contribution in [3.05, 3.63) is 36.2 Å². The van der Waals surface area contributed by atoms with Crippen molar-refractivity contribution < 1.29 is 4.84 Å². The normalized spacial score (nSPS) is 18.0. The van der Waals surface area contributed by atoms with Gasteiger partial charge in [-0.25, -0.2) is 4.98 Å². The number of fused-ring (bicyclic) bond motifs is 1. The molecule has 0 fully saturated rings. The van der Waals surface area contributed by atoms with Gasteiger partial charge < -0.3 is 4.84 Å². The minimum atomic E-state index is 0.165. The van der Waals surface area contributed by atoms with Crippen molar-refractivity contribution in [2.24, 2.45) is 5.16 Å². The van der Waals surface area contributed by atoms with Crippen LogP contribution in [0.2, 0.25) is 0 Å². The van der Waals surface area contributed by atoms with Gasteiger partial charge in [-0.2, -0.15) is 0 Å². The topological polar surface area (TPSA) is 50.6 Å². The second-order valence-electron chi connectivity index (χ2n) is 5.49. The first kappa shape index (κ1) is 13.9. The third-order valence-electron chi connectivity index (χ3n) is 3.65. The summed E-state index contributed by atoms with van der Waals surface area (Å²) in [5.41, 5.74) is 4.01. The lowest BCUT2D eigenvalue weighted by Crippen LogP contribution is -2.29. The first-order valence-corrected chi connectivity index (χ1v) is 7.35. The molecule has 1 aliphatic heterocycles. The molecule has 1 aromatic heterocycles. The molecular formula is C16H20N4O. The molecule has 110 valence electrons. The molecule has 1 aromatic carbocycles. The second kappa shape index (κ2) is 6.18. The number of benzene rings is 1. The Bertz CT molecular complexity index is 656. The number of para-hydroxylation sites is 2. The van der Waals surface area contributed by atoms with Gasteiger partial charge in [-0.1, -0.05) is 24.2 Å². The monoisotopic (exact) mass is 284 g/mol. The average molecular weight is 284 g/mol. The Balaban J connectivity index is 1.60. The summed E-state index contributed by atoms with van der Waals surface area (Å²) in [4.78, 5) is 16.7. The van der Waals surface area contributed by atoms with Gasteiger partial charge in [0.25, 0.3) is 0 Å².